The molecule has 51 heavy (non-hydrogen) atoms. The Kier molecular flexibility index (Phi) is 9.08. The normalized spacial score (nSPS) is 20.8. The van der Waals surface area contributed by atoms with Crippen LogP contribution in [0.3, 0.4) is 0 Å². The molecule has 0 saturated carbocycles. The molecule has 2 aliphatic heterocycles. The van der Waals surface area contributed by atoms with Crippen molar-refractivity contribution in [3.8, 4) is 23.0 Å². The minimum atomic E-state index is -1.16. The van der Waals surface area contributed by atoms with Crippen molar-refractivity contribution in [3.05, 3.63) is 78.8 Å². The fourth-order valence-electron chi connectivity index (χ4n) is 7.20. The first-order valence-electron chi connectivity index (χ1n) is 16.8. The van der Waals surface area contributed by atoms with Crippen LogP contribution in [-0.4, -0.2) is 79.9 Å². The van der Waals surface area contributed by atoms with Gasteiger partial charge in [0.25, 0.3) is 0 Å². The molecule has 0 spiro atoms. The summed E-state index contributed by atoms with van der Waals surface area (Å²) in [6.07, 6.45) is 7.15. The lowest BCUT2D eigenvalue weighted by Gasteiger charge is -2.34. The molecule has 2 N–H and O–H groups in total. The van der Waals surface area contributed by atoms with E-state index in [9.17, 15) is 18.7 Å². The molecule has 2 aromatic carbocycles. The monoisotopic (exact) mass is 698 g/mol. The van der Waals surface area contributed by atoms with Gasteiger partial charge in [0.1, 0.15) is 41.4 Å². The average molecular weight is 699 g/mol. The van der Waals surface area contributed by atoms with E-state index in [1.165, 1.54) is 36.5 Å². The van der Waals surface area contributed by atoms with Crippen molar-refractivity contribution in [1.29, 1.82) is 0 Å². The van der Waals surface area contributed by atoms with Gasteiger partial charge in [0.2, 0.25) is 11.9 Å². The Morgan fingerprint density at radius 3 is 2.75 bits per heavy atom. The minimum Gasteiger partial charge on any atom is -0.508 e. The third-order valence-electron chi connectivity index (χ3n) is 9.70. The molecule has 264 valence electrons. The smallest absolute Gasteiger partial charge is 0.319 e. The molecule has 2 saturated heterocycles. The summed E-state index contributed by atoms with van der Waals surface area (Å²) < 4.78 is 52.9. The van der Waals surface area contributed by atoms with Crippen LogP contribution in [0.15, 0.2) is 61.6 Å². The number of halogens is 3. The second kappa shape index (κ2) is 13.6. The highest BCUT2D eigenvalue weighted by Crippen LogP contribution is 2.39. The van der Waals surface area contributed by atoms with E-state index >= 15 is 4.39 Å². The maximum atomic E-state index is 17.0. The molecule has 3 atom stereocenters. The Balaban J connectivity index is 1.35. The van der Waals surface area contributed by atoms with Crippen molar-refractivity contribution in [2.45, 2.75) is 57.3 Å². The number of aryl methyl sites for hydroxylation is 1. The molecule has 3 aromatic heterocycles. The van der Waals surface area contributed by atoms with Gasteiger partial charge in [-0.05, 0) is 79.8 Å². The zero-order chi connectivity index (χ0) is 35.9. The molecule has 1 unspecified atom stereocenters. The number of aromatic nitrogens is 5. The van der Waals surface area contributed by atoms with Crippen LogP contribution in [-0.2, 0) is 4.79 Å². The van der Waals surface area contributed by atoms with Crippen LogP contribution in [0, 0.1) is 18.6 Å². The van der Waals surface area contributed by atoms with E-state index in [2.05, 4.69) is 31.8 Å². The van der Waals surface area contributed by atoms with E-state index in [1.807, 2.05) is 11.8 Å². The van der Waals surface area contributed by atoms with Gasteiger partial charge in [0.15, 0.2) is 5.82 Å². The molecule has 2 fully saturated rings. The Morgan fingerprint density at radius 2 is 1.96 bits per heavy atom. The summed E-state index contributed by atoms with van der Waals surface area (Å²) in [6, 6.07) is 6.93. The van der Waals surface area contributed by atoms with Crippen LogP contribution in [0.1, 0.15) is 38.2 Å². The van der Waals surface area contributed by atoms with Crippen molar-refractivity contribution >= 4 is 39.3 Å². The van der Waals surface area contributed by atoms with Crippen LogP contribution >= 0.6 is 0 Å². The number of rotatable bonds is 8. The van der Waals surface area contributed by atoms with E-state index in [0.29, 0.717) is 41.0 Å². The number of benzene rings is 2. The first-order chi connectivity index (χ1) is 24.5. The molecule has 14 heteroatoms. The van der Waals surface area contributed by atoms with Crippen LogP contribution < -0.4 is 19.9 Å². The maximum Gasteiger partial charge on any atom is 0.319 e. The highest BCUT2D eigenvalue weighted by Gasteiger charge is 2.44. The number of fused-ring (bicyclic) bond motifs is 2. The first-order valence-corrected chi connectivity index (χ1v) is 16.8. The molecule has 0 aliphatic carbocycles. The van der Waals surface area contributed by atoms with Gasteiger partial charge in [-0.25, -0.2) is 23.1 Å². The third kappa shape index (κ3) is 6.57. The molecular weight excluding hydrogens is 661 g/mol. The predicted octanol–water partition coefficient (Wildman–Crippen LogP) is 5.97. The molecule has 7 rings (SSSR count). The highest BCUT2D eigenvalue weighted by atomic mass is 19.1. The van der Waals surface area contributed by atoms with Gasteiger partial charge >= 0.3 is 6.01 Å². The number of carbonyl (C=O) groups is 1. The SMILES string of the molecule is C=CC(=O)NC1CCCCN(c2nc(OC[C@]3(C)C[C@@H](F)CN3c3ncccn3)nc3c(F)c(-c4cc(O)cc5ccc(F)c(C)c45)ncc23)C1. The van der Waals surface area contributed by atoms with Gasteiger partial charge in [-0.1, -0.05) is 12.6 Å². The Hall–Kier alpha value is -5.53. The van der Waals surface area contributed by atoms with Crippen LogP contribution in [0.2, 0.25) is 0 Å². The molecule has 0 radical (unpaired) electrons. The quantitative estimate of drug-likeness (QED) is 0.187. The Labute approximate surface area is 292 Å². The number of pyridine rings is 1. The zero-order valence-corrected chi connectivity index (χ0v) is 28.2. The average Bonchev–Trinajstić information content (AvgIpc) is 3.26. The second-order valence-corrected chi connectivity index (χ2v) is 13.4. The number of anilines is 2. The lowest BCUT2D eigenvalue weighted by atomic mass is 9.96. The summed E-state index contributed by atoms with van der Waals surface area (Å²) >= 11 is 0. The third-order valence-corrected chi connectivity index (χ3v) is 9.70. The zero-order valence-electron chi connectivity index (χ0n) is 28.2. The number of amides is 1. The van der Waals surface area contributed by atoms with Gasteiger partial charge in [-0.15, -0.1) is 0 Å². The van der Waals surface area contributed by atoms with Crippen molar-refractivity contribution in [2.75, 3.05) is 36.0 Å². The van der Waals surface area contributed by atoms with E-state index in [-0.39, 0.29) is 65.6 Å². The highest BCUT2D eigenvalue weighted by molar-refractivity contribution is 6.01. The number of phenolic OH excluding ortho intramolecular Hbond substituents is 1. The Bertz CT molecular complexity index is 2140. The van der Waals surface area contributed by atoms with E-state index in [0.717, 1.165) is 19.3 Å². The largest absolute Gasteiger partial charge is 0.508 e. The Morgan fingerprint density at radius 1 is 1.16 bits per heavy atom. The van der Waals surface area contributed by atoms with Gasteiger partial charge in [0.05, 0.1) is 17.5 Å². The number of phenols is 1. The first kappa shape index (κ1) is 33.9. The minimum absolute atomic E-state index is 0.0656. The van der Waals surface area contributed by atoms with Gasteiger partial charge in [-0.2, -0.15) is 9.97 Å². The molecule has 2 aliphatic rings. The fourth-order valence-corrected chi connectivity index (χ4v) is 7.20. The summed E-state index contributed by atoms with van der Waals surface area (Å²) in [6.45, 7) is 7.90. The van der Waals surface area contributed by atoms with Gasteiger partial charge in [-0.3, -0.25) is 9.78 Å². The second-order valence-electron chi connectivity index (χ2n) is 13.4. The molecule has 5 aromatic rings. The summed E-state index contributed by atoms with van der Waals surface area (Å²) in [5.41, 5.74) is -0.667. The molecule has 0 bridgehead atoms. The van der Waals surface area contributed by atoms with E-state index in [1.54, 1.807) is 30.3 Å². The van der Waals surface area contributed by atoms with Crippen molar-refractivity contribution < 1.29 is 27.8 Å². The number of carbonyl (C=O) groups excluding carboxylic acids is 1. The predicted molar refractivity (Wildman–Crippen MR) is 188 cm³/mol. The van der Waals surface area contributed by atoms with Crippen molar-refractivity contribution in [3.63, 3.8) is 0 Å². The fraction of sp³-hybridized carbons (Fsp3) is 0.351. The van der Waals surface area contributed by atoms with Crippen molar-refractivity contribution in [2.24, 2.45) is 0 Å². The number of nitrogens with one attached hydrogen (secondary N) is 1. The van der Waals surface area contributed by atoms with Gasteiger partial charge < -0.3 is 25.0 Å². The summed E-state index contributed by atoms with van der Waals surface area (Å²) in [5, 5.41) is 14.7. The maximum absolute atomic E-state index is 17.0. The number of hydrogen-bond acceptors (Lipinski definition) is 10. The molecule has 11 nitrogen and oxygen atoms in total. The summed E-state index contributed by atoms with van der Waals surface area (Å²) in [7, 11) is 0. The molecule has 5 heterocycles. The van der Waals surface area contributed by atoms with E-state index < -0.39 is 23.3 Å². The number of ether oxygens (including phenoxy) is 1. The summed E-state index contributed by atoms with van der Waals surface area (Å²) in [5.74, 6) is -1.05. The number of nitrogens with zero attached hydrogens (tertiary/aromatic N) is 7. The van der Waals surface area contributed by atoms with Crippen LogP contribution in [0.4, 0.5) is 24.9 Å². The molecule has 1 amide bonds. The summed E-state index contributed by atoms with van der Waals surface area (Å²) in [4.78, 5) is 38.4. The lowest BCUT2D eigenvalue weighted by Crippen LogP contribution is -2.47. The van der Waals surface area contributed by atoms with Gasteiger partial charge in [0, 0.05) is 49.7 Å². The lowest BCUT2D eigenvalue weighted by molar-refractivity contribution is -0.117. The molecular formula is C37H37F3N8O3. The number of hydrogen-bond donors (Lipinski definition) is 2. The van der Waals surface area contributed by atoms with Crippen LogP contribution in [0.25, 0.3) is 32.9 Å². The number of aromatic hydroxyl groups is 1. The standard InChI is InChI=1S/C37H37F3N8O3/c1-4-29(50)44-24-8-5-6-13-47(19-24)34-27-17-43-32(26-15-25(49)14-22-9-10-28(39)21(2)30(22)26)31(40)33(27)45-36(46-34)51-20-37(3)16-23(38)18-48(37)35-41-11-7-12-42-35/h4,7,9-12,14-15,17,23-24,49H,1,5-6,8,13,16,18-20H2,2-3H3,(H,44,50)/t23-,24?,37+/m1/s1. The number of alkyl halides is 1. The van der Waals surface area contributed by atoms with Crippen molar-refractivity contribution in [1.82, 2.24) is 30.2 Å². The van der Waals surface area contributed by atoms with Crippen LogP contribution in [0.5, 0.6) is 11.8 Å². The topological polar surface area (TPSA) is 129 Å². The van der Waals surface area contributed by atoms with E-state index in [4.69, 9.17) is 9.72 Å².